The van der Waals surface area contributed by atoms with E-state index in [4.69, 9.17) is 11.6 Å². The van der Waals surface area contributed by atoms with Gasteiger partial charge in [-0.25, -0.2) is 0 Å². The summed E-state index contributed by atoms with van der Waals surface area (Å²) in [5.74, 6) is -0.635. The van der Waals surface area contributed by atoms with Crippen molar-refractivity contribution in [2.24, 2.45) is 0 Å². The van der Waals surface area contributed by atoms with Crippen molar-refractivity contribution in [1.82, 2.24) is 0 Å². The summed E-state index contributed by atoms with van der Waals surface area (Å²) in [7, 11) is 0. The van der Waals surface area contributed by atoms with Gasteiger partial charge < -0.3 is 15.3 Å². The third kappa shape index (κ3) is 2.61. The van der Waals surface area contributed by atoms with Gasteiger partial charge in [0.15, 0.2) is 0 Å². The third-order valence-electron chi connectivity index (χ3n) is 3.72. The lowest BCUT2D eigenvalue weighted by molar-refractivity contribution is -0.140. The average Bonchev–Trinajstić information content (AvgIpc) is 3.19. The first-order valence-corrected chi connectivity index (χ1v) is 6.81. The van der Waals surface area contributed by atoms with E-state index in [0.717, 1.165) is 0 Å². The molecule has 1 aromatic rings. The highest BCUT2D eigenvalue weighted by atomic mass is 35.5. The van der Waals surface area contributed by atoms with Crippen LogP contribution in [-0.4, -0.2) is 33.3 Å². The molecule has 1 aliphatic carbocycles. The Morgan fingerprint density at radius 2 is 1.95 bits per heavy atom. The summed E-state index contributed by atoms with van der Waals surface area (Å²) in [6.45, 7) is 0. The molecule has 4 nitrogen and oxygen atoms in total. The molecule has 0 radical (unpaired) electrons. The molecular weight excluding hydrogens is 268 g/mol. The second-order valence-electron chi connectivity index (χ2n) is 4.96. The van der Waals surface area contributed by atoms with Crippen molar-refractivity contribution >= 4 is 17.6 Å². The standard InChI is InChI=1S/C14H17ClO4/c15-8-5-11(16)12(17)9-3-1-2-4-10(9)14(6-7-14)13(18)19/h1-4,11-12,16-17H,5-8H2,(H,18,19). The first-order chi connectivity index (χ1) is 9.03. The van der Waals surface area contributed by atoms with E-state index in [1.165, 1.54) is 0 Å². The van der Waals surface area contributed by atoms with Crippen LogP contribution < -0.4 is 0 Å². The smallest absolute Gasteiger partial charge is 0.314 e. The Kier molecular flexibility index (Phi) is 4.13. The number of hydrogen-bond donors (Lipinski definition) is 3. The summed E-state index contributed by atoms with van der Waals surface area (Å²) >= 11 is 5.56. The van der Waals surface area contributed by atoms with Gasteiger partial charge in [0, 0.05) is 5.88 Å². The van der Waals surface area contributed by atoms with Crippen LogP contribution in [0.4, 0.5) is 0 Å². The lowest BCUT2D eigenvalue weighted by atomic mass is 9.87. The zero-order valence-corrected chi connectivity index (χ0v) is 11.2. The number of benzene rings is 1. The maximum atomic E-state index is 11.4. The molecule has 1 aliphatic rings. The van der Waals surface area contributed by atoms with E-state index < -0.39 is 23.6 Å². The number of carboxylic acids is 1. The second-order valence-corrected chi connectivity index (χ2v) is 5.34. The van der Waals surface area contributed by atoms with Gasteiger partial charge in [0.25, 0.3) is 0 Å². The summed E-state index contributed by atoms with van der Waals surface area (Å²) in [5, 5.41) is 29.4. The highest BCUT2D eigenvalue weighted by molar-refractivity contribution is 6.17. The predicted molar refractivity (Wildman–Crippen MR) is 71.3 cm³/mol. The zero-order valence-electron chi connectivity index (χ0n) is 10.4. The van der Waals surface area contributed by atoms with Crippen LogP contribution in [-0.2, 0) is 10.2 Å². The zero-order chi connectivity index (χ0) is 14.0. The van der Waals surface area contributed by atoms with Gasteiger partial charge in [-0.2, -0.15) is 0 Å². The number of alkyl halides is 1. The first kappa shape index (κ1) is 14.3. The van der Waals surface area contributed by atoms with Crippen molar-refractivity contribution in [1.29, 1.82) is 0 Å². The molecule has 19 heavy (non-hydrogen) atoms. The normalized spacial score (nSPS) is 19.7. The van der Waals surface area contributed by atoms with Crippen molar-refractivity contribution in [3.8, 4) is 0 Å². The summed E-state index contributed by atoms with van der Waals surface area (Å²) in [6, 6.07) is 6.86. The van der Waals surface area contributed by atoms with E-state index in [1.807, 2.05) is 0 Å². The third-order valence-corrected chi connectivity index (χ3v) is 3.94. The van der Waals surface area contributed by atoms with Crippen LogP contribution in [0.2, 0.25) is 0 Å². The van der Waals surface area contributed by atoms with Crippen LogP contribution >= 0.6 is 11.6 Å². The summed E-state index contributed by atoms with van der Waals surface area (Å²) in [6.07, 6.45) is -0.693. The minimum Gasteiger partial charge on any atom is -0.481 e. The van der Waals surface area contributed by atoms with Crippen LogP contribution in [0.25, 0.3) is 0 Å². The van der Waals surface area contributed by atoms with Gasteiger partial charge in [0.05, 0.1) is 11.5 Å². The minimum atomic E-state index is -1.10. The van der Waals surface area contributed by atoms with Gasteiger partial charge in [0.1, 0.15) is 6.10 Å². The number of aliphatic hydroxyl groups excluding tert-OH is 2. The van der Waals surface area contributed by atoms with Crippen LogP contribution in [0.5, 0.6) is 0 Å². The van der Waals surface area contributed by atoms with Crippen LogP contribution in [0.1, 0.15) is 36.5 Å². The van der Waals surface area contributed by atoms with E-state index >= 15 is 0 Å². The van der Waals surface area contributed by atoms with Crippen LogP contribution in [0.15, 0.2) is 24.3 Å². The summed E-state index contributed by atoms with van der Waals surface area (Å²) in [5.41, 5.74) is 0.196. The van der Waals surface area contributed by atoms with Crippen molar-refractivity contribution < 1.29 is 20.1 Å². The maximum absolute atomic E-state index is 11.4. The Morgan fingerprint density at radius 3 is 2.47 bits per heavy atom. The molecule has 5 heteroatoms. The van der Waals surface area contributed by atoms with Gasteiger partial charge in [-0.05, 0) is 30.4 Å². The Morgan fingerprint density at radius 1 is 1.32 bits per heavy atom. The average molecular weight is 285 g/mol. The largest absolute Gasteiger partial charge is 0.481 e. The molecule has 2 unspecified atom stereocenters. The molecule has 1 aromatic carbocycles. The van der Waals surface area contributed by atoms with Gasteiger partial charge in [-0.1, -0.05) is 24.3 Å². The van der Waals surface area contributed by atoms with Crippen molar-refractivity contribution in [3.05, 3.63) is 35.4 Å². The van der Waals surface area contributed by atoms with E-state index in [9.17, 15) is 20.1 Å². The molecule has 2 rings (SSSR count). The molecule has 0 aliphatic heterocycles. The number of carbonyl (C=O) groups is 1. The van der Waals surface area contributed by atoms with Crippen LogP contribution in [0, 0.1) is 0 Å². The maximum Gasteiger partial charge on any atom is 0.314 e. The Labute approximate surface area is 116 Å². The molecule has 1 fully saturated rings. The van der Waals surface area contributed by atoms with Crippen molar-refractivity contribution in [2.75, 3.05) is 5.88 Å². The highest BCUT2D eigenvalue weighted by Gasteiger charge is 2.53. The first-order valence-electron chi connectivity index (χ1n) is 6.28. The predicted octanol–water partition coefficient (Wildman–Crippen LogP) is 1.83. The monoisotopic (exact) mass is 284 g/mol. The summed E-state index contributed by atoms with van der Waals surface area (Å²) < 4.78 is 0. The molecule has 1 saturated carbocycles. The molecule has 3 N–H and O–H groups in total. The lowest BCUT2D eigenvalue weighted by Crippen LogP contribution is -2.26. The number of aliphatic carboxylic acids is 1. The fraction of sp³-hybridized carbons (Fsp3) is 0.500. The van der Waals surface area contributed by atoms with Gasteiger partial charge in [-0.15, -0.1) is 11.6 Å². The van der Waals surface area contributed by atoms with Gasteiger partial charge in [0.2, 0.25) is 0 Å². The highest BCUT2D eigenvalue weighted by Crippen LogP contribution is 2.50. The number of halogens is 1. The van der Waals surface area contributed by atoms with Crippen molar-refractivity contribution in [3.63, 3.8) is 0 Å². The quantitative estimate of drug-likeness (QED) is 0.697. The molecule has 0 amide bonds. The van der Waals surface area contributed by atoms with E-state index in [0.29, 0.717) is 24.0 Å². The molecule has 0 saturated heterocycles. The molecule has 2 atom stereocenters. The fourth-order valence-electron chi connectivity index (χ4n) is 2.39. The topological polar surface area (TPSA) is 77.8 Å². The van der Waals surface area contributed by atoms with E-state index in [-0.39, 0.29) is 12.3 Å². The van der Waals surface area contributed by atoms with Crippen LogP contribution in [0.3, 0.4) is 0 Å². The summed E-state index contributed by atoms with van der Waals surface area (Å²) in [4.78, 5) is 11.4. The molecule has 0 aromatic heterocycles. The van der Waals surface area contributed by atoms with Crippen molar-refractivity contribution in [2.45, 2.75) is 36.9 Å². The lowest BCUT2D eigenvalue weighted by Gasteiger charge is -2.23. The van der Waals surface area contributed by atoms with Gasteiger partial charge in [-0.3, -0.25) is 4.79 Å². The molecule has 0 bridgehead atoms. The molecule has 0 spiro atoms. The minimum absolute atomic E-state index is 0.241. The number of rotatable bonds is 6. The molecule has 104 valence electrons. The second kappa shape index (κ2) is 5.49. The van der Waals surface area contributed by atoms with E-state index in [1.54, 1.807) is 24.3 Å². The molecular formula is C14H17ClO4. The fourth-order valence-corrected chi connectivity index (χ4v) is 2.61. The van der Waals surface area contributed by atoms with E-state index in [2.05, 4.69) is 0 Å². The Hall–Kier alpha value is -1.10. The number of carboxylic acid groups (broad SMARTS) is 1. The Balaban J connectivity index is 2.34. The molecule has 0 heterocycles. The number of aliphatic hydroxyl groups is 2. The van der Waals surface area contributed by atoms with Gasteiger partial charge >= 0.3 is 5.97 Å². The SMILES string of the molecule is O=C(O)C1(c2ccccc2C(O)C(O)CCCl)CC1. The number of hydrogen-bond acceptors (Lipinski definition) is 3. The Bertz CT molecular complexity index is 470.